The van der Waals surface area contributed by atoms with Crippen molar-refractivity contribution in [3.05, 3.63) is 75.5 Å². The summed E-state index contributed by atoms with van der Waals surface area (Å²) >= 11 is 12.6. The third kappa shape index (κ3) is 3.71. The fraction of sp³-hybridized carbons (Fsp3) is 0.0556. The number of carboxylic acids is 1. The Hall–Kier alpha value is -2.83. The van der Waals surface area contributed by atoms with Crippen LogP contribution in [0.15, 0.2) is 53.6 Å². The van der Waals surface area contributed by atoms with Gasteiger partial charge in [-0.05, 0) is 43.3 Å². The molecular formula is C18H14Cl2N4O2. The van der Waals surface area contributed by atoms with Crippen molar-refractivity contribution < 1.29 is 9.90 Å². The zero-order valence-corrected chi connectivity index (χ0v) is 15.2. The van der Waals surface area contributed by atoms with Crippen LogP contribution in [0.4, 0.5) is 5.69 Å². The highest BCUT2D eigenvalue weighted by Crippen LogP contribution is 2.26. The molecule has 8 heteroatoms. The lowest BCUT2D eigenvalue weighted by Crippen LogP contribution is -1.98. The monoisotopic (exact) mass is 388 g/mol. The maximum Gasteiger partial charge on any atom is 0.335 e. The molecule has 0 unspecified atom stereocenters. The number of aryl methyl sites for hydroxylation is 1. The molecule has 0 aliphatic carbocycles. The van der Waals surface area contributed by atoms with Crippen LogP contribution in [0.2, 0.25) is 10.2 Å². The summed E-state index contributed by atoms with van der Waals surface area (Å²) in [4.78, 5) is 10.8. The van der Waals surface area contributed by atoms with E-state index in [9.17, 15) is 4.79 Å². The second-order valence-electron chi connectivity index (χ2n) is 5.41. The van der Waals surface area contributed by atoms with Gasteiger partial charge in [-0.2, -0.15) is 10.2 Å². The Bertz CT molecular complexity index is 981. The van der Waals surface area contributed by atoms with Crippen molar-refractivity contribution in [1.82, 2.24) is 9.78 Å². The Labute approximate surface area is 159 Å². The molecule has 1 heterocycles. The largest absolute Gasteiger partial charge is 0.478 e. The number of benzene rings is 2. The number of halogens is 2. The number of hydrogen-bond acceptors (Lipinski definition) is 4. The standard InChI is InChI=1S/C18H14Cl2N4O2/c1-11-14(10-21-22-13-8-6-12(7-9-13)18(25)26)17(20)24(23-11)16-5-3-2-4-15(16)19/h2-10,22H,1H3,(H,25,26). The van der Waals surface area contributed by atoms with Gasteiger partial charge in [0.25, 0.3) is 0 Å². The Balaban J connectivity index is 1.81. The molecule has 3 aromatic rings. The summed E-state index contributed by atoms with van der Waals surface area (Å²) in [7, 11) is 0. The van der Waals surface area contributed by atoms with Crippen LogP contribution in [-0.2, 0) is 0 Å². The molecule has 0 bridgehead atoms. The normalized spacial score (nSPS) is 11.0. The van der Waals surface area contributed by atoms with Crippen LogP contribution in [0.25, 0.3) is 5.69 Å². The number of hydrazone groups is 1. The zero-order valence-electron chi connectivity index (χ0n) is 13.6. The SMILES string of the molecule is Cc1nn(-c2ccccc2Cl)c(Cl)c1C=NNc1ccc(C(=O)O)cc1. The first-order chi connectivity index (χ1) is 12.5. The highest BCUT2D eigenvalue weighted by atomic mass is 35.5. The molecule has 0 saturated heterocycles. The number of nitrogens with zero attached hydrogens (tertiary/aromatic N) is 3. The van der Waals surface area contributed by atoms with Gasteiger partial charge in [0.1, 0.15) is 5.15 Å². The third-order valence-corrected chi connectivity index (χ3v) is 4.33. The molecule has 0 amide bonds. The smallest absolute Gasteiger partial charge is 0.335 e. The third-order valence-electron chi connectivity index (χ3n) is 3.65. The number of rotatable bonds is 5. The lowest BCUT2D eigenvalue weighted by Gasteiger charge is -2.05. The highest BCUT2D eigenvalue weighted by molar-refractivity contribution is 6.34. The number of carbonyl (C=O) groups is 1. The number of nitrogens with one attached hydrogen (secondary N) is 1. The van der Waals surface area contributed by atoms with Crippen molar-refractivity contribution in [2.24, 2.45) is 5.10 Å². The Kier molecular flexibility index (Phi) is 5.25. The zero-order chi connectivity index (χ0) is 18.7. The van der Waals surface area contributed by atoms with Crippen LogP contribution >= 0.6 is 23.2 Å². The minimum Gasteiger partial charge on any atom is -0.478 e. The van der Waals surface area contributed by atoms with Gasteiger partial charge < -0.3 is 5.11 Å². The van der Waals surface area contributed by atoms with E-state index >= 15 is 0 Å². The second kappa shape index (κ2) is 7.59. The van der Waals surface area contributed by atoms with Crippen LogP contribution in [0.1, 0.15) is 21.6 Å². The molecule has 0 fully saturated rings. The molecule has 0 aliphatic heterocycles. The molecule has 0 radical (unpaired) electrons. The fourth-order valence-corrected chi connectivity index (χ4v) is 2.83. The van der Waals surface area contributed by atoms with Crippen molar-refractivity contribution in [1.29, 1.82) is 0 Å². The Morgan fingerprint density at radius 3 is 2.54 bits per heavy atom. The van der Waals surface area contributed by atoms with Crippen molar-refractivity contribution in [2.75, 3.05) is 5.43 Å². The molecule has 0 spiro atoms. The summed E-state index contributed by atoms with van der Waals surface area (Å²) in [5.74, 6) is -0.977. The Morgan fingerprint density at radius 1 is 1.19 bits per heavy atom. The van der Waals surface area contributed by atoms with Crippen LogP contribution in [0, 0.1) is 6.92 Å². The van der Waals surface area contributed by atoms with E-state index < -0.39 is 5.97 Å². The topological polar surface area (TPSA) is 79.5 Å². The second-order valence-corrected chi connectivity index (χ2v) is 6.17. The molecule has 132 valence electrons. The van der Waals surface area contributed by atoms with Crippen LogP contribution < -0.4 is 5.43 Å². The fourth-order valence-electron chi connectivity index (χ4n) is 2.30. The molecule has 1 aromatic heterocycles. The van der Waals surface area contributed by atoms with Crippen molar-refractivity contribution in [2.45, 2.75) is 6.92 Å². The van der Waals surface area contributed by atoms with Crippen LogP contribution in [-0.4, -0.2) is 27.1 Å². The molecule has 6 nitrogen and oxygen atoms in total. The van der Waals surface area contributed by atoms with Gasteiger partial charge >= 0.3 is 5.97 Å². The van der Waals surface area contributed by atoms with Crippen molar-refractivity contribution >= 4 is 41.1 Å². The van der Waals surface area contributed by atoms with Gasteiger partial charge in [0, 0.05) is 0 Å². The predicted molar refractivity (Wildman–Crippen MR) is 103 cm³/mol. The van der Waals surface area contributed by atoms with E-state index in [0.717, 1.165) is 0 Å². The van der Waals surface area contributed by atoms with E-state index in [1.807, 2.05) is 25.1 Å². The highest BCUT2D eigenvalue weighted by Gasteiger charge is 2.14. The van der Waals surface area contributed by atoms with Gasteiger partial charge in [0.15, 0.2) is 0 Å². The quantitative estimate of drug-likeness (QED) is 0.493. The van der Waals surface area contributed by atoms with E-state index in [2.05, 4.69) is 15.6 Å². The molecule has 26 heavy (non-hydrogen) atoms. The number of aromatic nitrogens is 2. The van der Waals surface area contributed by atoms with Crippen molar-refractivity contribution in [3.8, 4) is 5.69 Å². The van der Waals surface area contributed by atoms with Crippen molar-refractivity contribution in [3.63, 3.8) is 0 Å². The van der Waals surface area contributed by atoms with Gasteiger partial charge in [0.05, 0.1) is 39.4 Å². The Morgan fingerprint density at radius 2 is 1.88 bits per heavy atom. The summed E-state index contributed by atoms with van der Waals surface area (Å²) in [6, 6.07) is 13.5. The lowest BCUT2D eigenvalue weighted by atomic mass is 10.2. The molecule has 0 saturated carbocycles. The number of carboxylic acid groups (broad SMARTS) is 1. The molecule has 0 aliphatic rings. The number of hydrogen-bond donors (Lipinski definition) is 2. The summed E-state index contributed by atoms with van der Waals surface area (Å²) in [5.41, 5.74) is 5.72. The maximum absolute atomic E-state index is 10.8. The number of aromatic carboxylic acids is 1. The molecule has 0 atom stereocenters. The van der Waals surface area contributed by atoms with Gasteiger partial charge in [-0.3, -0.25) is 5.43 Å². The number of anilines is 1. The van der Waals surface area contributed by atoms with E-state index in [0.29, 0.717) is 32.8 Å². The van der Waals surface area contributed by atoms with E-state index in [1.54, 1.807) is 29.1 Å². The minimum atomic E-state index is -0.977. The summed E-state index contributed by atoms with van der Waals surface area (Å²) < 4.78 is 1.56. The minimum absolute atomic E-state index is 0.208. The van der Waals surface area contributed by atoms with Crippen LogP contribution in [0.3, 0.4) is 0 Å². The van der Waals surface area contributed by atoms with E-state index in [4.69, 9.17) is 28.3 Å². The number of para-hydroxylation sites is 1. The van der Waals surface area contributed by atoms with Crippen LogP contribution in [0.5, 0.6) is 0 Å². The lowest BCUT2D eigenvalue weighted by molar-refractivity contribution is 0.0697. The average molecular weight is 389 g/mol. The maximum atomic E-state index is 10.8. The van der Waals surface area contributed by atoms with Gasteiger partial charge in [0.2, 0.25) is 0 Å². The van der Waals surface area contributed by atoms with E-state index in [-0.39, 0.29) is 5.56 Å². The molecule has 2 aromatic carbocycles. The predicted octanol–water partition coefficient (Wildman–Crippen LogP) is 4.63. The summed E-state index contributed by atoms with van der Waals surface area (Å²) in [6.07, 6.45) is 1.56. The van der Waals surface area contributed by atoms with Gasteiger partial charge in [-0.15, -0.1) is 0 Å². The first-order valence-corrected chi connectivity index (χ1v) is 8.35. The molecule has 3 rings (SSSR count). The first kappa shape index (κ1) is 18.0. The van der Waals surface area contributed by atoms with E-state index in [1.165, 1.54) is 12.1 Å². The molecular weight excluding hydrogens is 375 g/mol. The molecule has 2 N–H and O–H groups in total. The summed E-state index contributed by atoms with van der Waals surface area (Å²) in [6.45, 7) is 1.82. The first-order valence-electron chi connectivity index (χ1n) is 7.60. The van der Waals surface area contributed by atoms with Gasteiger partial charge in [-0.25, -0.2) is 9.48 Å². The van der Waals surface area contributed by atoms with Gasteiger partial charge in [-0.1, -0.05) is 35.3 Å². The summed E-state index contributed by atoms with van der Waals surface area (Å²) in [5, 5.41) is 18.4. The average Bonchev–Trinajstić information content (AvgIpc) is 2.90.